The quantitative estimate of drug-likeness (QED) is 0.873. The van der Waals surface area contributed by atoms with E-state index in [4.69, 9.17) is 9.47 Å². The van der Waals surface area contributed by atoms with Crippen LogP contribution in [0.15, 0.2) is 24.3 Å². The van der Waals surface area contributed by atoms with Crippen LogP contribution in [0.1, 0.15) is 31.2 Å². The fourth-order valence-corrected chi connectivity index (χ4v) is 2.56. The van der Waals surface area contributed by atoms with Crippen LogP contribution in [0.25, 0.3) is 0 Å². The Labute approximate surface area is 109 Å². The first-order valence-electron chi connectivity index (χ1n) is 6.61. The molecule has 18 heavy (non-hydrogen) atoms. The van der Waals surface area contributed by atoms with Gasteiger partial charge in [-0.05, 0) is 30.4 Å². The second-order valence-corrected chi connectivity index (χ2v) is 5.11. The van der Waals surface area contributed by atoms with E-state index in [0.29, 0.717) is 12.5 Å². The molecule has 1 aromatic rings. The molecule has 1 aliphatic rings. The number of fused-ring (bicyclic) bond motifs is 1. The van der Waals surface area contributed by atoms with Gasteiger partial charge in [0.2, 0.25) is 0 Å². The van der Waals surface area contributed by atoms with E-state index < -0.39 is 0 Å². The number of methoxy groups -OCH3 is 1. The number of hydrogen-bond acceptors (Lipinski definition) is 3. The van der Waals surface area contributed by atoms with Gasteiger partial charge in [-0.1, -0.05) is 25.1 Å². The molecule has 3 unspecified atom stereocenters. The van der Waals surface area contributed by atoms with E-state index in [1.54, 1.807) is 7.11 Å². The highest BCUT2D eigenvalue weighted by Gasteiger charge is 2.25. The van der Waals surface area contributed by atoms with Crippen LogP contribution in [0.3, 0.4) is 0 Å². The van der Waals surface area contributed by atoms with Crippen molar-refractivity contribution in [2.75, 3.05) is 20.3 Å². The zero-order valence-electron chi connectivity index (χ0n) is 11.1. The van der Waals surface area contributed by atoms with Gasteiger partial charge in [0.05, 0.1) is 19.3 Å². The third kappa shape index (κ3) is 3.03. The second-order valence-electron chi connectivity index (χ2n) is 5.11. The van der Waals surface area contributed by atoms with Crippen molar-refractivity contribution in [3.05, 3.63) is 29.8 Å². The number of ether oxygens (including phenoxy) is 2. The summed E-state index contributed by atoms with van der Waals surface area (Å²) in [6.45, 7) is 3.37. The van der Waals surface area contributed by atoms with Gasteiger partial charge in [0, 0.05) is 13.0 Å². The van der Waals surface area contributed by atoms with Crippen molar-refractivity contribution in [3.8, 4) is 5.75 Å². The van der Waals surface area contributed by atoms with Crippen LogP contribution in [0.2, 0.25) is 0 Å². The zero-order chi connectivity index (χ0) is 13.0. The molecule has 1 aliphatic heterocycles. The molecule has 0 saturated carbocycles. The van der Waals surface area contributed by atoms with Crippen LogP contribution in [-0.2, 0) is 4.74 Å². The third-order valence-corrected chi connectivity index (χ3v) is 3.70. The molecule has 0 aliphatic carbocycles. The summed E-state index contributed by atoms with van der Waals surface area (Å²) in [6.07, 6.45) is 1.44. The average Bonchev–Trinajstić information content (AvgIpc) is 2.39. The van der Waals surface area contributed by atoms with Gasteiger partial charge in [0.15, 0.2) is 0 Å². The van der Waals surface area contributed by atoms with E-state index in [-0.39, 0.29) is 12.0 Å². The predicted molar refractivity (Wildman–Crippen MR) is 71.0 cm³/mol. The lowest BCUT2D eigenvalue weighted by Crippen LogP contribution is -2.26. The summed E-state index contributed by atoms with van der Waals surface area (Å²) in [5, 5.41) is 10.2. The van der Waals surface area contributed by atoms with Crippen molar-refractivity contribution in [3.63, 3.8) is 0 Å². The van der Waals surface area contributed by atoms with E-state index >= 15 is 0 Å². The summed E-state index contributed by atoms with van der Waals surface area (Å²) in [4.78, 5) is 0. The maximum atomic E-state index is 10.2. The highest BCUT2D eigenvalue weighted by molar-refractivity contribution is 5.37. The summed E-state index contributed by atoms with van der Waals surface area (Å²) in [7, 11) is 1.67. The van der Waals surface area contributed by atoms with Crippen LogP contribution in [0.4, 0.5) is 0 Å². The molecule has 3 heteroatoms. The molecule has 3 atom stereocenters. The SMILES string of the molecule is COCC(C)C(O)CC1CCOc2ccccc21. The summed E-state index contributed by atoms with van der Waals surface area (Å²) >= 11 is 0. The monoisotopic (exact) mass is 250 g/mol. The van der Waals surface area contributed by atoms with Crippen molar-refractivity contribution >= 4 is 0 Å². The Kier molecular flexibility index (Phi) is 4.61. The maximum absolute atomic E-state index is 10.2. The topological polar surface area (TPSA) is 38.7 Å². The molecule has 0 radical (unpaired) electrons. The normalized spacial score (nSPS) is 21.8. The molecule has 0 bridgehead atoms. The lowest BCUT2D eigenvalue weighted by molar-refractivity contribution is 0.0445. The van der Waals surface area contributed by atoms with Crippen LogP contribution in [0.5, 0.6) is 5.75 Å². The van der Waals surface area contributed by atoms with Gasteiger partial charge in [-0.15, -0.1) is 0 Å². The minimum absolute atomic E-state index is 0.171. The van der Waals surface area contributed by atoms with Gasteiger partial charge in [0.1, 0.15) is 5.75 Å². The molecule has 0 fully saturated rings. The van der Waals surface area contributed by atoms with Crippen LogP contribution in [0, 0.1) is 5.92 Å². The van der Waals surface area contributed by atoms with Crippen molar-refractivity contribution in [2.45, 2.75) is 31.8 Å². The van der Waals surface area contributed by atoms with Gasteiger partial charge < -0.3 is 14.6 Å². The Balaban J connectivity index is 2.02. The largest absolute Gasteiger partial charge is 0.493 e. The van der Waals surface area contributed by atoms with Crippen LogP contribution < -0.4 is 4.74 Å². The fraction of sp³-hybridized carbons (Fsp3) is 0.600. The fourth-order valence-electron chi connectivity index (χ4n) is 2.56. The van der Waals surface area contributed by atoms with Crippen molar-refractivity contribution in [1.29, 1.82) is 0 Å². The third-order valence-electron chi connectivity index (χ3n) is 3.70. The number of aliphatic hydroxyl groups is 1. The molecule has 0 aromatic heterocycles. The highest BCUT2D eigenvalue weighted by atomic mass is 16.5. The molecular formula is C15H22O3. The van der Waals surface area contributed by atoms with Crippen LogP contribution >= 0.6 is 0 Å². The van der Waals surface area contributed by atoms with E-state index in [0.717, 1.165) is 25.2 Å². The summed E-state index contributed by atoms with van der Waals surface area (Å²) in [5.41, 5.74) is 1.23. The van der Waals surface area contributed by atoms with Gasteiger partial charge in [0.25, 0.3) is 0 Å². The average molecular weight is 250 g/mol. The minimum atomic E-state index is -0.318. The summed E-state index contributed by atoms with van der Waals surface area (Å²) in [6, 6.07) is 8.13. The van der Waals surface area contributed by atoms with Gasteiger partial charge in [-0.3, -0.25) is 0 Å². The Morgan fingerprint density at radius 3 is 3.00 bits per heavy atom. The first kappa shape index (κ1) is 13.4. The second kappa shape index (κ2) is 6.21. The number of aliphatic hydroxyl groups excluding tert-OH is 1. The highest BCUT2D eigenvalue weighted by Crippen LogP contribution is 2.36. The van der Waals surface area contributed by atoms with E-state index in [1.807, 2.05) is 25.1 Å². The Morgan fingerprint density at radius 1 is 1.44 bits per heavy atom. The van der Waals surface area contributed by atoms with Crippen molar-refractivity contribution in [2.24, 2.45) is 5.92 Å². The molecule has 3 nitrogen and oxygen atoms in total. The molecule has 0 spiro atoms. The van der Waals surface area contributed by atoms with E-state index in [2.05, 4.69) is 6.07 Å². The summed E-state index contributed by atoms with van der Waals surface area (Å²) in [5.74, 6) is 1.54. The van der Waals surface area contributed by atoms with E-state index in [1.165, 1.54) is 5.56 Å². The molecule has 0 saturated heterocycles. The molecule has 1 heterocycles. The van der Waals surface area contributed by atoms with Gasteiger partial charge >= 0.3 is 0 Å². The molecule has 100 valence electrons. The first-order chi connectivity index (χ1) is 8.72. The lowest BCUT2D eigenvalue weighted by Gasteiger charge is -2.29. The minimum Gasteiger partial charge on any atom is -0.493 e. The number of para-hydroxylation sites is 1. The predicted octanol–water partition coefficient (Wildman–Crippen LogP) is 2.59. The van der Waals surface area contributed by atoms with Gasteiger partial charge in [-0.25, -0.2) is 0 Å². The zero-order valence-corrected chi connectivity index (χ0v) is 11.1. The number of benzene rings is 1. The van der Waals surface area contributed by atoms with Gasteiger partial charge in [-0.2, -0.15) is 0 Å². The Hall–Kier alpha value is -1.06. The molecule has 0 amide bonds. The van der Waals surface area contributed by atoms with Crippen molar-refractivity contribution < 1.29 is 14.6 Å². The first-order valence-corrected chi connectivity index (χ1v) is 6.61. The standard InChI is InChI=1S/C15H22O3/c1-11(10-17-2)14(16)9-12-7-8-18-15-6-4-3-5-13(12)15/h3-6,11-12,14,16H,7-10H2,1-2H3. The van der Waals surface area contributed by atoms with Crippen molar-refractivity contribution in [1.82, 2.24) is 0 Å². The molecule has 2 rings (SSSR count). The molecule has 1 aromatic carbocycles. The Morgan fingerprint density at radius 2 is 2.22 bits per heavy atom. The molecule has 1 N–H and O–H groups in total. The lowest BCUT2D eigenvalue weighted by atomic mass is 9.85. The number of rotatable bonds is 5. The summed E-state index contributed by atoms with van der Waals surface area (Å²) < 4.78 is 10.7. The van der Waals surface area contributed by atoms with Crippen LogP contribution in [-0.4, -0.2) is 31.5 Å². The number of hydrogen-bond donors (Lipinski definition) is 1. The maximum Gasteiger partial charge on any atom is 0.122 e. The smallest absolute Gasteiger partial charge is 0.122 e. The Bertz CT molecular complexity index is 378. The molecular weight excluding hydrogens is 228 g/mol. The van der Waals surface area contributed by atoms with E-state index in [9.17, 15) is 5.11 Å².